The third-order valence-corrected chi connectivity index (χ3v) is 2.93. The molecule has 1 aromatic heterocycles. The van der Waals surface area contributed by atoms with Crippen LogP contribution in [-0.2, 0) is 27.2 Å². The Bertz CT molecular complexity index is 567. The molecular weight excluding hydrogens is 332 g/mol. The Morgan fingerprint density at radius 1 is 1.28 bits per heavy atom. The molecule has 25 heavy (non-hydrogen) atoms. The quantitative estimate of drug-likeness (QED) is 0.472. The maximum absolute atomic E-state index is 11.8. The molecule has 142 valence electrons. The molecular formula is C15H26N4O6. The van der Waals surface area contributed by atoms with Gasteiger partial charge < -0.3 is 24.6 Å². The average Bonchev–Trinajstić information content (AvgIpc) is 2.92. The molecule has 0 aliphatic carbocycles. The van der Waals surface area contributed by atoms with Gasteiger partial charge in [-0.1, -0.05) is 5.21 Å². The molecule has 0 atom stereocenters. The highest BCUT2D eigenvalue weighted by Gasteiger charge is 2.21. The van der Waals surface area contributed by atoms with Gasteiger partial charge in [-0.2, -0.15) is 0 Å². The molecule has 1 rings (SSSR count). The van der Waals surface area contributed by atoms with Crippen LogP contribution in [-0.4, -0.2) is 71.2 Å². The van der Waals surface area contributed by atoms with E-state index in [1.165, 1.54) is 11.8 Å². The van der Waals surface area contributed by atoms with Gasteiger partial charge in [0.25, 0.3) is 0 Å². The maximum Gasteiger partial charge on any atom is 0.407 e. The minimum atomic E-state index is -0.602. The molecule has 0 radical (unpaired) electrons. The molecule has 0 aromatic carbocycles. The van der Waals surface area contributed by atoms with Crippen molar-refractivity contribution in [2.24, 2.45) is 0 Å². The lowest BCUT2D eigenvalue weighted by molar-refractivity contribution is 0.0527. The zero-order chi connectivity index (χ0) is 18.9. The first-order valence-electron chi connectivity index (χ1n) is 7.94. The number of nitrogens with one attached hydrogen (secondary N) is 1. The molecule has 1 amide bonds. The van der Waals surface area contributed by atoms with E-state index in [1.54, 1.807) is 20.8 Å². The highest BCUT2D eigenvalue weighted by molar-refractivity contribution is 5.88. The van der Waals surface area contributed by atoms with Crippen LogP contribution in [0.2, 0.25) is 0 Å². The van der Waals surface area contributed by atoms with Crippen molar-refractivity contribution in [2.75, 3.05) is 33.5 Å². The van der Waals surface area contributed by atoms with Gasteiger partial charge in [-0.3, -0.25) is 0 Å². The monoisotopic (exact) mass is 358 g/mol. The summed E-state index contributed by atoms with van der Waals surface area (Å²) in [6.07, 6.45) is -0.228. The van der Waals surface area contributed by atoms with Crippen LogP contribution < -0.4 is 5.32 Å². The van der Waals surface area contributed by atoms with Crippen LogP contribution in [0.1, 0.15) is 37.0 Å². The standard InChI is InChI=1S/C15H26N4O6/c1-15(2,3)25-14(22)16-6-5-11-12(13(21)23-4)17-18-19(11)7-9-24-10-8-20/h20H,5-10H2,1-4H3,(H,16,22). The predicted molar refractivity (Wildman–Crippen MR) is 87.2 cm³/mol. The number of alkyl carbamates (subject to hydrolysis) is 1. The number of carbonyl (C=O) groups excluding carboxylic acids is 2. The molecule has 0 spiro atoms. The Kier molecular flexibility index (Phi) is 8.29. The van der Waals surface area contributed by atoms with Crippen molar-refractivity contribution in [1.82, 2.24) is 20.3 Å². The van der Waals surface area contributed by atoms with E-state index in [9.17, 15) is 9.59 Å². The largest absolute Gasteiger partial charge is 0.464 e. The Morgan fingerprint density at radius 2 is 2.00 bits per heavy atom. The Labute approximate surface area is 146 Å². The Hall–Kier alpha value is -2.20. The van der Waals surface area contributed by atoms with E-state index in [1.807, 2.05) is 0 Å². The fourth-order valence-corrected chi connectivity index (χ4v) is 1.93. The molecule has 1 aromatic rings. The first-order valence-corrected chi connectivity index (χ1v) is 7.94. The van der Waals surface area contributed by atoms with Crippen molar-refractivity contribution in [2.45, 2.75) is 39.3 Å². The van der Waals surface area contributed by atoms with Crippen molar-refractivity contribution in [3.63, 3.8) is 0 Å². The lowest BCUT2D eigenvalue weighted by Crippen LogP contribution is -2.34. The summed E-state index contributed by atoms with van der Waals surface area (Å²) in [4.78, 5) is 23.5. The van der Waals surface area contributed by atoms with Gasteiger partial charge in [-0.15, -0.1) is 5.10 Å². The van der Waals surface area contributed by atoms with Gasteiger partial charge in [0.15, 0.2) is 5.69 Å². The van der Waals surface area contributed by atoms with E-state index in [2.05, 4.69) is 15.6 Å². The number of aliphatic hydroxyl groups excluding tert-OH is 1. The van der Waals surface area contributed by atoms with Crippen LogP contribution in [0, 0.1) is 0 Å². The number of rotatable bonds is 9. The number of esters is 1. The molecule has 0 saturated carbocycles. The summed E-state index contributed by atoms with van der Waals surface area (Å²) in [7, 11) is 1.26. The summed E-state index contributed by atoms with van der Waals surface area (Å²) >= 11 is 0. The van der Waals surface area contributed by atoms with Gasteiger partial charge in [-0.25, -0.2) is 14.3 Å². The van der Waals surface area contributed by atoms with Gasteiger partial charge >= 0.3 is 12.1 Å². The van der Waals surface area contributed by atoms with Crippen molar-refractivity contribution in [3.8, 4) is 0 Å². The summed E-state index contributed by atoms with van der Waals surface area (Å²) in [5.74, 6) is -0.602. The zero-order valence-electron chi connectivity index (χ0n) is 15.1. The van der Waals surface area contributed by atoms with E-state index in [0.29, 0.717) is 25.3 Å². The van der Waals surface area contributed by atoms with Crippen molar-refractivity contribution >= 4 is 12.1 Å². The normalized spacial score (nSPS) is 11.2. The zero-order valence-corrected chi connectivity index (χ0v) is 15.1. The SMILES string of the molecule is COC(=O)c1nnn(CCOCCO)c1CCNC(=O)OC(C)(C)C. The van der Waals surface area contributed by atoms with Gasteiger partial charge in [0.05, 0.1) is 39.2 Å². The average molecular weight is 358 g/mol. The highest BCUT2D eigenvalue weighted by Crippen LogP contribution is 2.09. The molecule has 0 aliphatic heterocycles. The summed E-state index contributed by atoms with van der Waals surface area (Å²) in [6.45, 7) is 6.35. The third-order valence-electron chi connectivity index (χ3n) is 2.93. The van der Waals surface area contributed by atoms with E-state index in [0.717, 1.165) is 0 Å². The summed E-state index contributed by atoms with van der Waals surface area (Å²) in [5, 5.41) is 19.1. The molecule has 1 heterocycles. The molecule has 0 bridgehead atoms. The third kappa shape index (κ3) is 7.48. The van der Waals surface area contributed by atoms with E-state index in [4.69, 9.17) is 19.3 Å². The number of ether oxygens (including phenoxy) is 3. The number of aliphatic hydroxyl groups is 1. The molecule has 0 saturated heterocycles. The lowest BCUT2D eigenvalue weighted by Gasteiger charge is -2.19. The molecule has 10 nitrogen and oxygen atoms in total. The Balaban J connectivity index is 2.68. The minimum absolute atomic E-state index is 0.0720. The molecule has 2 N–H and O–H groups in total. The molecule has 0 aliphatic rings. The number of amides is 1. The number of hydrogen-bond acceptors (Lipinski definition) is 8. The van der Waals surface area contributed by atoms with Crippen molar-refractivity contribution in [3.05, 3.63) is 11.4 Å². The number of hydrogen-bond donors (Lipinski definition) is 2. The second kappa shape index (κ2) is 9.94. The van der Waals surface area contributed by atoms with Crippen LogP contribution in [0.4, 0.5) is 4.79 Å². The first-order chi connectivity index (χ1) is 11.8. The van der Waals surface area contributed by atoms with Crippen LogP contribution in [0.5, 0.6) is 0 Å². The van der Waals surface area contributed by atoms with E-state index >= 15 is 0 Å². The predicted octanol–water partition coefficient (Wildman–Crippen LogP) is 0.141. The van der Waals surface area contributed by atoms with Crippen molar-refractivity contribution in [1.29, 1.82) is 0 Å². The number of nitrogens with zero attached hydrogens (tertiary/aromatic N) is 3. The van der Waals surface area contributed by atoms with E-state index in [-0.39, 0.29) is 25.5 Å². The van der Waals surface area contributed by atoms with E-state index < -0.39 is 17.7 Å². The first kappa shape index (κ1) is 20.8. The highest BCUT2D eigenvalue weighted by atomic mass is 16.6. The number of carbonyl (C=O) groups is 2. The molecule has 0 unspecified atom stereocenters. The van der Waals surface area contributed by atoms with Gasteiger partial charge in [0.2, 0.25) is 0 Å². The summed E-state index contributed by atoms with van der Waals surface area (Å²) < 4.78 is 16.6. The number of methoxy groups -OCH3 is 1. The lowest BCUT2D eigenvalue weighted by atomic mass is 10.2. The van der Waals surface area contributed by atoms with Crippen LogP contribution in [0.15, 0.2) is 0 Å². The van der Waals surface area contributed by atoms with Crippen LogP contribution >= 0.6 is 0 Å². The fraction of sp³-hybridized carbons (Fsp3) is 0.733. The van der Waals surface area contributed by atoms with Gasteiger partial charge in [0.1, 0.15) is 5.60 Å². The second-order valence-corrected chi connectivity index (χ2v) is 6.11. The maximum atomic E-state index is 11.8. The topological polar surface area (TPSA) is 125 Å². The van der Waals surface area contributed by atoms with Crippen molar-refractivity contribution < 1.29 is 28.9 Å². The summed E-state index contributed by atoms with van der Waals surface area (Å²) in [6, 6.07) is 0. The van der Waals surface area contributed by atoms with Gasteiger partial charge in [0, 0.05) is 13.0 Å². The van der Waals surface area contributed by atoms with Crippen LogP contribution in [0.3, 0.4) is 0 Å². The second-order valence-electron chi connectivity index (χ2n) is 6.11. The smallest absolute Gasteiger partial charge is 0.407 e. The van der Waals surface area contributed by atoms with Gasteiger partial charge in [-0.05, 0) is 20.8 Å². The molecule has 10 heteroatoms. The number of aromatic nitrogens is 3. The summed E-state index contributed by atoms with van der Waals surface area (Å²) in [5.41, 5.74) is 0.0282. The molecule has 0 fully saturated rings. The Morgan fingerprint density at radius 3 is 2.60 bits per heavy atom. The fourth-order valence-electron chi connectivity index (χ4n) is 1.93. The van der Waals surface area contributed by atoms with Crippen LogP contribution in [0.25, 0.3) is 0 Å². The minimum Gasteiger partial charge on any atom is -0.464 e.